The Morgan fingerprint density at radius 2 is 1.95 bits per heavy atom. The topological polar surface area (TPSA) is 29.6 Å². The van der Waals surface area contributed by atoms with Gasteiger partial charge in [-0.05, 0) is 24.3 Å². The lowest BCUT2D eigenvalue weighted by atomic mass is 10.1. The summed E-state index contributed by atoms with van der Waals surface area (Å²) >= 11 is 19.0. The molecule has 1 fully saturated rings. The molecule has 2 nitrogen and oxygen atoms in total. The van der Waals surface area contributed by atoms with E-state index in [4.69, 9.17) is 39.5 Å². The zero-order valence-electron chi connectivity index (χ0n) is 9.40. The molecule has 0 spiro atoms. The van der Waals surface area contributed by atoms with Gasteiger partial charge in [0.1, 0.15) is 6.10 Å². The highest BCUT2D eigenvalue weighted by Gasteiger charge is 2.47. The number of epoxide rings is 1. The molecule has 1 aromatic carbocycles. The average Bonchev–Trinajstić information content (AvgIpc) is 3.02. The Bertz CT molecular complexity index is 653. The Kier molecular flexibility index (Phi) is 3.58. The number of carbonyl (C=O) groups is 1. The van der Waals surface area contributed by atoms with Crippen molar-refractivity contribution in [3.05, 3.63) is 55.2 Å². The largest absolute Gasteiger partial charge is 0.356 e. The molecule has 0 radical (unpaired) electrons. The summed E-state index contributed by atoms with van der Waals surface area (Å²) in [4.78, 5) is 12.7. The maximum atomic E-state index is 12.1. The second-order valence-electron chi connectivity index (χ2n) is 4.11. The van der Waals surface area contributed by atoms with E-state index in [0.717, 1.165) is 5.56 Å². The molecule has 0 amide bonds. The highest BCUT2D eigenvalue weighted by molar-refractivity contribution is 7.18. The van der Waals surface area contributed by atoms with Gasteiger partial charge in [0.15, 0.2) is 6.10 Å². The van der Waals surface area contributed by atoms with Crippen molar-refractivity contribution in [3.8, 4) is 0 Å². The molecule has 2 aromatic rings. The van der Waals surface area contributed by atoms with Gasteiger partial charge in [0.2, 0.25) is 5.78 Å². The van der Waals surface area contributed by atoms with E-state index >= 15 is 0 Å². The number of carbonyl (C=O) groups excluding carboxylic acids is 1. The van der Waals surface area contributed by atoms with Gasteiger partial charge in [-0.1, -0.05) is 40.9 Å². The van der Waals surface area contributed by atoms with Crippen LogP contribution in [0.15, 0.2) is 30.3 Å². The van der Waals surface area contributed by atoms with Gasteiger partial charge in [0.25, 0.3) is 0 Å². The van der Waals surface area contributed by atoms with Crippen molar-refractivity contribution in [2.24, 2.45) is 0 Å². The van der Waals surface area contributed by atoms with Gasteiger partial charge in [-0.15, -0.1) is 11.3 Å². The predicted octanol–water partition coefficient (Wildman–Crippen LogP) is 5.03. The first kappa shape index (κ1) is 13.4. The van der Waals surface area contributed by atoms with Gasteiger partial charge >= 0.3 is 0 Å². The fraction of sp³-hybridized carbons (Fsp3) is 0.154. The van der Waals surface area contributed by atoms with Crippen molar-refractivity contribution in [1.29, 1.82) is 0 Å². The summed E-state index contributed by atoms with van der Waals surface area (Å²) in [5.74, 6) is -0.0621. The lowest BCUT2D eigenvalue weighted by Gasteiger charge is -2.00. The summed E-state index contributed by atoms with van der Waals surface area (Å²) in [6, 6.07) is 8.56. The molecule has 0 aliphatic carbocycles. The smallest absolute Gasteiger partial charge is 0.204 e. The SMILES string of the molecule is O=C(c1ccc(Cl)s1)[C@H]1O[C@H]1c1ccc(Cl)cc1Cl. The average molecular weight is 334 g/mol. The van der Waals surface area contributed by atoms with Gasteiger partial charge in [0, 0.05) is 15.6 Å². The first-order valence-corrected chi connectivity index (χ1v) is 7.41. The number of rotatable bonds is 3. The van der Waals surface area contributed by atoms with Crippen molar-refractivity contribution in [3.63, 3.8) is 0 Å². The molecule has 0 saturated carbocycles. The second-order valence-corrected chi connectivity index (χ2v) is 6.67. The van der Waals surface area contributed by atoms with Crippen molar-refractivity contribution in [2.45, 2.75) is 12.2 Å². The zero-order valence-corrected chi connectivity index (χ0v) is 12.5. The Morgan fingerprint density at radius 3 is 2.58 bits per heavy atom. The van der Waals surface area contributed by atoms with Crippen LogP contribution in [-0.4, -0.2) is 11.9 Å². The summed E-state index contributed by atoms with van der Waals surface area (Å²) in [5.41, 5.74) is 0.784. The molecular formula is C13H7Cl3O2S. The zero-order chi connectivity index (χ0) is 13.6. The molecule has 1 saturated heterocycles. The molecule has 1 aliphatic heterocycles. The van der Waals surface area contributed by atoms with Crippen molar-refractivity contribution in [2.75, 3.05) is 0 Å². The number of ether oxygens (including phenoxy) is 1. The third-order valence-corrected chi connectivity index (χ3v) is 4.64. The van der Waals surface area contributed by atoms with Crippen LogP contribution in [0.3, 0.4) is 0 Å². The van der Waals surface area contributed by atoms with Gasteiger partial charge in [-0.3, -0.25) is 4.79 Å². The summed E-state index contributed by atoms with van der Waals surface area (Å²) in [6.07, 6.45) is -0.772. The minimum atomic E-state index is -0.478. The highest BCUT2D eigenvalue weighted by Crippen LogP contribution is 2.44. The van der Waals surface area contributed by atoms with E-state index in [1.165, 1.54) is 11.3 Å². The molecule has 98 valence electrons. The van der Waals surface area contributed by atoms with E-state index < -0.39 is 6.10 Å². The number of halogens is 3. The van der Waals surface area contributed by atoms with Crippen molar-refractivity contribution >= 4 is 51.9 Å². The molecule has 2 atom stereocenters. The van der Waals surface area contributed by atoms with Crippen LogP contribution in [0.4, 0.5) is 0 Å². The van der Waals surface area contributed by atoms with Gasteiger partial charge in [-0.2, -0.15) is 0 Å². The van der Waals surface area contributed by atoms with Crippen LogP contribution < -0.4 is 0 Å². The van der Waals surface area contributed by atoms with Crippen LogP contribution >= 0.6 is 46.1 Å². The minimum absolute atomic E-state index is 0.0621. The number of ketones is 1. The Labute approximate surface area is 128 Å². The molecule has 2 heterocycles. The molecule has 1 aromatic heterocycles. The summed E-state index contributed by atoms with van der Waals surface area (Å²) < 4.78 is 6.02. The summed E-state index contributed by atoms with van der Waals surface area (Å²) in [5, 5.41) is 1.07. The lowest BCUT2D eigenvalue weighted by molar-refractivity contribution is 0.0957. The summed E-state index contributed by atoms with van der Waals surface area (Å²) in [6.45, 7) is 0. The fourth-order valence-electron chi connectivity index (χ4n) is 1.87. The maximum Gasteiger partial charge on any atom is 0.204 e. The van der Waals surface area contributed by atoms with Gasteiger partial charge < -0.3 is 4.74 Å². The van der Waals surface area contributed by atoms with E-state index in [9.17, 15) is 4.79 Å². The molecule has 6 heteroatoms. The van der Waals surface area contributed by atoms with Gasteiger partial charge in [0.05, 0.1) is 9.21 Å². The van der Waals surface area contributed by atoms with E-state index in [2.05, 4.69) is 0 Å². The molecular weight excluding hydrogens is 327 g/mol. The minimum Gasteiger partial charge on any atom is -0.356 e. The molecule has 3 rings (SSSR count). The Balaban J connectivity index is 1.79. The van der Waals surface area contributed by atoms with Crippen LogP contribution in [0.25, 0.3) is 0 Å². The normalized spacial score (nSPS) is 21.4. The highest BCUT2D eigenvalue weighted by atomic mass is 35.5. The maximum absolute atomic E-state index is 12.1. The number of hydrogen-bond acceptors (Lipinski definition) is 3. The third kappa shape index (κ3) is 2.67. The molecule has 0 N–H and O–H groups in total. The van der Waals surface area contributed by atoms with Crippen LogP contribution in [-0.2, 0) is 4.74 Å². The standard InChI is InChI=1S/C13H7Cl3O2S/c14-6-1-2-7(8(15)5-6)12-13(18-12)11(17)9-3-4-10(16)19-9/h1-5,12-13H/t12-,13+/m0/s1. The summed E-state index contributed by atoms with van der Waals surface area (Å²) in [7, 11) is 0. The van der Waals surface area contributed by atoms with Gasteiger partial charge in [-0.25, -0.2) is 0 Å². The van der Waals surface area contributed by atoms with E-state index in [-0.39, 0.29) is 11.9 Å². The number of Topliss-reactive ketones (excluding diaryl/α,β-unsaturated/α-hetero) is 1. The molecule has 0 unspecified atom stereocenters. The third-order valence-electron chi connectivity index (χ3n) is 2.84. The first-order valence-electron chi connectivity index (χ1n) is 5.46. The number of benzene rings is 1. The van der Waals surface area contributed by atoms with Crippen LogP contribution in [0, 0.1) is 0 Å². The Hall–Kier alpha value is -0.580. The van der Waals surface area contributed by atoms with Crippen LogP contribution in [0.1, 0.15) is 21.3 Å². The van der Waals surface area contributed by atoms with E-state index in [0.29, 0.717) is 19.3 Å². The Morgan fingerprint density at radius 1 is 1.16 bits per heavy atom. The monoisotopic (exact) mass is 332 g/mol. The van der Waals surface area contributed by atoms with Crippen LogP contribution in [0.2, 0.25) is 14.4 Å². The molecule has 1 aliphatic rings. The van der Waals surface area contributed by atoms with E-state index in [1.807, 2.05) is 0 Å². The number of hydrogen-bond donors (Lipinski definition) is 0. The van der Waals surface area contributed by atoms with Crippen molar-refractivity contribution in [1.82, 2.24) is 0 Å². The quantitative estimate of drug-likeness (QED) is 0.582. The lowest BCUT2D eigenvalue weighted by Crippen LogP contribution is -2.06. The number of thiophene rings is 1. The van der Waals surface area contributed by atoms with Crippen LogP contribution in [0.5, 0.6) is 0 Å². The predicted molar refractivity (Wildman–Crippen MR) is 77.7 cm³/mol. The fourth-order valence-corrected chi connectivity index (χ4v) is 3.39. The van der Waals surface area contributed by atoms with Crippen molar-refractivity contribution < 1.29 is 9.53 Å². The first-order chi connectivity index (χ1) is 9.06. The second kappa shape index (κ2) is 5.08. The molecule has 0 bridgehead atoms. The van der Waals surface area contributed by atoms with E-state index in [1.54, 1.807) is 30.3 Å². The molecule has 19 heavy (non-hydrogen) atoms.